The van der Waals surface area contributed by atoms with Crippen molar-refractivity contribution in [2.75, 3.05) is 6.54 Å². The first kappa shape index (κ1) is 14.0. The summed E-state index contributed by atoms with van der Waals surface area (Å²) in [6.07, 6.45) is 2.20. The molecule has 0 saturated carbocycles. The van der Waals surface area contributed by atoms with Crippen LogP contribution in [0.4, 0.5) is 0 Å². The average molecular weight is 254 g/mol. The number of hydrogen-bond acceptors (Lipinski definition) is 1. The molecule has 1 aromatic rings. The second-order valence-electron chi connectivity index (χ2n) is 4.22. The van der Waals surface area contributed by atoms with E-state index in [2.05, 4.69) is 19.2 Å². The van der Waals surface area contributed by atoms with Crippen LogP contribution in [0.15, 0.2) is 24.3 Å². The van der Waals surface area contributed by atoms with E-state index < -0.39 is 0 Å². The van der Waals surface area contributed by atoms with Gasteiger partial charge in [0.15, 0.2) is 0 Å². The monoisotopic (exact) mass is 253 g/mol. The molecule has 94 valence electrons. The molecule has 0 aliphatic rings. The van der Waals surface area contributed by atoms with Gasteiger partial charge >= 0.3 is 0 Å². The van der Waals surface area contributed by atoms with Crippen LogP contribution in [-0.4, -0.2) is 12.5 Å². The largest absolute Gasteiger partial charge is 0.352 e. The van der Waals surface area contributed by atoms with Gasteiger partial charge in [-0.15, -0.1) is 11.6 Å². The molecule has 0 radical (unpaired) electrons. The summed E-state index contributed by atoms with van der Waals surface area (Å²) in [5, 5.41) is 2.97. The lowest BCUT2D eigenvalue weighted by atomic mass is 10.0. The average Bonchev–Trinajstić information content (AvgIpc) is 2.39. The molecule has 0 unspecified atom stereocenters. The molecule has 0 saturated heterocycles. The van der Waals surface area contributed by atoms with E-state index in [1.807, 2.05) is 24.3 Å². The van der Waals surface area contributed by atoms with E-state index in [0.29, 0.717) is 17.4 Å². The molecule has 0 spiro atoms. The molecule has 0 atom stereocenters. The molecule has 0 aliphatic carbocycles. The zero-order valence-electron chi connectivity index (χ0n) is 10.5. The SMILES string of the molecule is CCC(CC)CNC(=O)c1ccc(CCl)cc1. The molecule has 3 heteroatoms. The fraction of sp³-hybridized carbons (Fsp3) is 0.500. The van der Waals surface area contributed by atoms with Crippen molar-refractivity contribution in [3.05, 3.63) is 35.4 Å². The summed E-state index contributed by atoms with van der Waals surface area (Å²) in [4.78, 5) is 11.8. The Bertz CT molecular complexity index is 344. The van der Waals surface area contributed by atoms with E-state index in [-0.39, 0.29) is 5.91 Å². The molecule has 0 heterocycles. The van der Waals surface area contributed by atoms with Gasteiger partial charge in [0.05, 0.1) is 0 Å². The summed E-state index contributed by atoms with van der Waals surface area (Å²) in [7, 11) is 0. The van der Waals surface area contributed by atoms with Gasteiger partial charge in [0.25, 0.3) is 5.91 Å². The summed E-state index contributed by atoms with van der Waals surface area (Å²) in [6, 6.07) is 7.41. The smallest absolute Gasteiger partial charge is 0.251 e. The van der Waals surface area contributed by atoms with Crippen molar-refractivity contribution in [3.63, 3.8) is 0 Å². The third-order valence-corrected chi connectivity index (χ3v) is 3.39. The van der Waals surface area contributed by atoms with Crippen LogP contribution in [0.3, 0.4) is 0 Å². The number of halogens is 1. The highest BCUT2D eigenvalue weighted by Gasteiger charge is 2.08. The fourth-order valence-electron chi connectivity index (χ4n) is 1.66. The van der Waals surface area contributed by atoms with Gasteiger partial charge in [-0.25, -0.2) is 0 Å². The number of rotatable bonds is 6. The molecule has 1 aromatic carbocycles. The molecule has 0 fully saturated rings. The van der Waals surface area contributed by atoms with E-state index in [1.165, 1.54) is 0 Å². The predicted molar refractivity (Wildman–Crippen MR) is 72.4 cm³/mol. The number of alkyl halides is 1. The first-order chi connectivity index (χ1) is 8.21. The van der Waals surface area contributed by atoms with E-state index in [0.717, 1.165) is 24.9 Å². The summed E-state index contributed by atoms with van der Waals surface area (Å²) in [5.41, 5.74) is 1.73. The Labute approximate surface area is 108 Å². The second-order valence-corrected chi connectivity index (χ2v) is 4.49. The van der Waals surface area contributed by atoms with Crippen LogP contribution in [0.25, 0.3) is 0 Å². The Balaban J connectivity index is 2.51. The number of hydrogen-bond donors (Lipinski definition) is 1. The van der Waals surface area contributed by atoms with Crippen molar-refractivity contribution in [1.82, 2.24) is 5.32 Å². The molecule has 17 heavy (non-hydrogen) atoms. The van der Waals surface area contributed by atoms with Crippen LogP contribution in [0.1, 0.15) is 42.6 Å². The maximum atomic E-state index is 11.8. The van der Waals surface area contributed by atoms with Crippen LogP contribution in [-0.2, 0) is 5.88 Å². The van der Waals surface area contributed by atoms with Crippen LogP contribution >= 0.6 is 11.6 Å². The van der Waals surface area contributed by atoms with E-state index in [4.69, 9.17) is 11.6 Å². The van der Waals surface area contributed by atoms with Gasteiger partial charge in [-0.05, 0) is 23.6 Å². The number of benzene rings is 1. The van der Waals surface area contributed by atoms with Crippen molar-refractivity contribution in [1.29, 1.82) is 0 Å². The first-order valence-electron chi connectivity index (χ1n) is 6.14. The molecular weight excluding hydrogens is 234 g/mol. The van der Waals surface area contributed by atoms with Gasteiger partial charge in [-0.3, -0.25) is 4.79 Å². The minimum Gasteiger partial charge on any atom is -0.352 e. The lowest BCUT2D eigenvalue weighted by Crippen LogP contribution is -2.28. The molecule has 1 rings (SSSR count). The molecule has 2 nitrogen and oxygen atoms in total. The number of nitrogens with one attached hydrogen (secondary N) is 1. The number of carbonyl (C=O) groups is 1. The number of carbonyl (C=O) groups excluding carboxylic acids is 1. The Morgan fingerprint density at radius 2 is 1.82 bits per heavy atom. The molecule has 0 bridgehead atoms. The third-order valence-electron chi connectivity index (χ3n) is 3.08. The summed E-state index contributed by atoms with van der Waals surface area (Å²) < 4.78 is 0. The van der Waals surface area contributed by atoms with Crippen LogP contribution in [0, 0.1) is 5.92 Å². The topological polar surface area (TPSA) is 29.1 Å². The van der Waals surface area contributed by atoms with E-state index >= 15 is 0 Å². The van der Waals surface area contributed by atoms with Crippen molar-refractivity contribution >= 4 is 17.5 Å². The second kappa shape index (κ2) is 7.33. The molecule has 1 amide bonds. The van der Waals surface area contributed by atoms with Gasteiger partial charge in [0.1, 0.15) is 0 Å². The van der Waals surface area contributed by atoms with E-state index in [1.54, 1.807) is 0 Å². The highest BCUT2D eigenvalue weighted by Crippen LogP contribution is 2.08. The minimum absolute atomic E-state index is 0.00183. The van der Waals surface area contributed by atoms with Crippen LogP contribution in [0.5, 0.6) is 0 Å². The van der Waals surface area contributed by atoms with Crippen molar-refractivity contribution in [3.8, 4) is 0 Å². The molecule has 0 aliphatic heterocycles. The lowest BCUT2D eigenvalue weighted by Gasteiger charge is -2.13. The lowest BCUT2D eigenvalue weighted by molar-refractivity contribution is 0.0946. The van der Waals surface area contributed by atoms with Gasteiger partial charge < -0.3 is 5.32 Å². The predicted octanol–water partition coefficient (Wildman–Crippen LogP) is 3.59. The van der Waals surface area contributed by atoms with Gasteiger partial charge in [-0.2, -0.15) is 0 Å². The van der Waals surface area contributed by atoms with Crippen LogP contribution in [0.2, 0.25) is 0 Å². The minimum atomic E-state index is -0.00183. The van der Waals surface area contributed by atoms with Gasteiger partial charge in [0.2, 0.25) is 0 Å². The van der Waals surface area contributed by atoms with Crippen LogP contribution < -0.4 is 5.32 Å². The zero-order valence-corrected chi connectivity index (χ0v) is 11.3. The Morgan fingerprint density at radius 3 is 2.29 bits per heavy atom. The summed E-state index contributed by atoms with van der Waals surface area (Å²) >= 11 is 5.70. The Kier molecular flexibility index (Phi) is 6.06. The summed E-state index contributed by atoms with van der Waals surface area (Å²) in [6.45, 7) is 5.05. The molecule has 0 aromatic heterocycles. The quantitative estimate of drug-likeness (QED) is 0.772. The summed E-state index contributed by atoms with van der Waals surface area (Å²) in [5.74, 6) is 1.05. The standard InChI is InChI=1S/C14H20ClNO/c1-3-11(4-2)10-16-14(17)13-7-5-12(9-15)6-8-13/h5-8,11H,3-4,9-10H2,1-2H3,(H,16,17). The Morgan fingerprint density at radius 1 is 1.24 bits per heavy atom. The van der Waals surface area contributed by atoms with E-state index in [9.17, 15) is 4.79 Å². The normalized spacial score (nSPS) is 10.6. The maximum Gasteiger partial charge on any atom is 0.251 e. The fourth-order valence-corrected chi connectivity index (χ4v) is 1.84. The van der Waals surface area contributed by atoms with Crippen molar-refractivity contribution in [2.24, 2.45) is 5.92 Å². The first-order valence-corrected chi connectivity index (χ1v) is 6.67. The third kappa shape index (κ3) is 4.39. The zero-order chi connectivity index (χ0) is 12.7. The Hall–Kier alpha value is -1.02. The highest BCUT2D eigenvalue weighted by atomic mass is 35.5. The van der Waals surface area contributed by atoms with Crippen molar-refractivity contribution < 1.29 is 4.79 Å². The van der Waals surface area contributed by atoms with Gasteiger partial charge in [0, 0.05) is 18.0 Å². The van der Waals surface area contributed by atoms with Gasteiger partial charge in [-0.1, -0.05) is 38.8 Å². The van der Waals surface area contributed by atoms with Crippen molar-refractivity contribution in [2.45, 2.75) is 32.6 Å². The maximum absolute atomic E-state index is 11.8. The number of amides is 1. The molecule has 1 N–H and O–H groups in total. The molecular formula is C14H20ClNO. The highest BCUT2D eigenvalue weighted by molar-refractivity contribution is 6.17.